The van der Waals surface area contributed by atoms with Gasteiger partial charge >= 0.3 is 0 Å². The van der Waals surface area contributed by atoms with E-state index in [1.807, 2.05) is 30.5 Å². The molecule has 9 heteroatoms. The fourth-order valence-electron chi connectivity index (χ4n) is 3.72. The highest BCUT2D eigenvalue weighted by molar-refractivity contribution is 14.0. The quantitative estimate of drug-likeness (QED) is 0.244. The number of nitrogens with one attached hydrogen (secondary N) is 3. The van der Waals surface area contributed by atoms with Gasteiger partial charge in [-0.3, -0.25) is 15.0 Å². The third-order valence-electron chi connectivity index (χ3n) is 5.21. The van der Waals surface area contributed by atoms with E-state index in [-0.39, 0.29) is 24.0 Å². The van der Waals surface area contributed by atoms with Crippen LogP contribution in [0.25, 0.3) is 11.4 Å². The van der Waals surface area contributed by atoms with Crippen molar-refractivity contribution in [3.05, 3.63) is 58.5 Å². The molecule has 3 aromatic rings. The first-order chi connectivity index (χ1) is 14.3. The number of hydrogen-bond donors (Lipinski definition) is 3. The highest BCUT2D eigenvalue weighted by Gasteiger charge is 2.24. The van der Waals surface area contributed by atoms with Gasteiger partial charge in [-0.15, -0.1) is 35.3 Å². The van der Waals surface area contributed by atoms with Crippen molar-refractivity contribution in [2.24, 2.45) is 4.99 Å². The molecule has 160 valence electrons. The van der Waals surface area contributed by atoms with E-state index in [1.165, 1.54) is 37.1 Å². The monoisotopic (exact) mass is 537 g/mol. The molecule has 1 fully saturated rings. The van der Waals surface area contributed by atoms with Crippen LogP contribution in [0.3, 0.4) is 0 Å². The van der Waals surface area contributed by atoms with E-state index in [2.05, 4.69) is 65.4 Å². The van der Waals surface area contributed by atoms with Gasteiger partial charge in [0.1, 0.15) is 6.33 Å². The second-order valence-corrected chi connectivity index (χ2v) is 8.09. The van der Waals surface area contributed by atoms with Crippen LogP contribution in [0.5, 0.6) is 0 Å². The molecule has 1 atom stereocenters. The van der Waals surface area contributed by atoms with Crippen LogP contribution in [0.1, 0.15) is 29.3 Å². The van der Waals surface area contributed by atoms with Gasteiger partial charge in [-0.05, 0) is 49.0 Å². The Morgan fingerprint density at radius 2 is 2.10 bits per heavy atom. The normalized spacial score (nSPS) is 15.6. The summed E-state index contributed by atoms with van der Waals surface area (Å²) < 4.78 is 0. The molecular weight excluding hydrogens is 509 g/mol. The number of aromatic nitrogens is 3. The van der Waals surface area contributed by atoms with Gasteiger partial charge < -0.3 is 10.6 Å². The standard InChI is InChI=1S/C21H27N7S.HI/c1-22-21(23-13-16-6-4-7-17(12-16)20-25-15-26-27-20)24-14-18(19-8-5-11-29-19)28-9-2-3-10-28;/h4-8,11-12,15,18H,2-3,9-10,13-14H2,1H3,(H2,22,23,24)(H,25,26,27);1H. The Balaban J connectivity index is 0.00000256. The smallest absolute Gasteiger partial charge is 0.191 e. The molecular formula is C21H28IN7S. The molecule has 0 saturated carbocycles. The molecule has 0 bridgehead atoms. The number of nitrogens with zero attached hydrogens (tertiary/aromatic N) is 4. The van der Waals surface area contributed by atoms with Crippen LogP contribution >= 0.6 is 35.3 Å². The minimum absolute atomic E-state index is 0. The van der Waals surface area contributed by atoms with E-state index >= 15 is 0 Å². The Hall–Kier alpha value is -1.98. The van der Waals surface area contributed by atoms with Gasteiger partial charge in [0.2, 0.25) is 0 Å². The molecule has 7 nitrogen and oxygen atoms in total. The zero-order valence-electron chi connectivity index (χ0n) is 17.0. The molecule has 2 aromatic heterocycles. The largest absolute Gasteiger partial charge is 0.354 e. The molecule has 0 spiro atoms. The van der Waals surface area contributed by atoms with Crippen molar-refractivity contribution in [1.82, 2.24) is 30.7 Å². The maximum Gasteiger partial charge on any atom is 0.191 e. The average Bonchev–Trinajstić information content (AvgIpc) is 3.54. The van der Waals surface area contributed by atoms with E-state index in [9.17, 15) is 0 Å². The first-order valence-corrected chi connectivity index (χ1v) is 10.9. The molecule has 0 amide bonds. The lowest BCUT2D eigenvalue weighted by Crippen LogP contribution is -2.42. The summed E-state index contributed by atoms with van der Waals surface area (Å²) in [6, 6.07) is 13.0. The summed E-state index contributed by atoms with van der Waals surface area (Å²) in [7, 11) is 1.82. The van der Waals surface area contributed by atoms with Crippen LogP contribution in [0, 0.1) is 0 Å². The van der Waals surface area contributed by atoms with Crippen molar-refractivity contribution in [3.8, 4) is 11.4 Å². The Labute approximate surface area is 198 Å². The van der Waals surface area contributed by atoms with Crippen molar-refractivity contribution in [2.45, 2.75) is 25.4 Å². The molecule has 1 saturated heterocycles. The third-order valence-corrected chi connectivity index (χ3v) is 6.19. The summed E-state index contributed by atoms with van der Waals surface area (Å²) >= 11 is 1.83. The number of halogens is 1. The van der Waals surface area contributed by atoms with Crippen molar-refractivity contribution < 1.29 is 0 Å². The zero-order chi connectivity index (χ0) is 19.9. The van der Waals surface area contributed by atoms with E-state index in [0.29, 0.717) is 12.6 Å². The van der Waals surface area contributed by atoms with Crippen LogP contribution < -0.4 is 10.6 Å². The summed E-state index contributed by atoms with van der Waals surface area (Å²) in [5.41, 5.74) is 2.19. The third kappa shape index (κ3) is 5.79. The molecule has 0 aliphatic carbocycles. The summed E-state index contributed by atoms with van der Waals surface area (Å²) in [6.07, 6.45) is 4.10. The number of hydrogen-bond acceptors (Lipinski definition) is 5. The number of rotatable bonds is 7. The summed E-state index contributed by atoms with van der Waals surface area (Å²) in [4.78, 5) is 12.6. The Morgan fingerprint density at radius 3 is 2.80 bits per heavy atom. The second kappa shape index (κ2) is 11.4. The molecule has 1 aliphatic rings. The topological polar surface area (TPSA) is 81.2 Å². The van der Waals surface area contributed by atoms with Gasteiger partial charge in [0, 0.05) is 30.6 Å². The number of thiophene rings is 1. The van der Waals surface area contributed by atoms with Crippen molar-refractivity contribution in [3.63, 3.8) is 0 Å². The highest BCUT2D eigenvalue weighted by Crippen LogP contribution is 2.27. The molecule has 30 heavy (non-hydrogen) atoms. The number of H-pyrrole nitrogens is 1. The van der Waals surface area contributed by atoms with Gasteiger partial charge in [0.05, 0.1) is 6.04 Å². The molecule has 3 heterocycles. The summed E-state index contributed by atoms with van der Waals surface area (Å²) in [5, 5.41) is 15.9. The van der Waals surface area contributed by atoms with Crippen LogP contribution in [0.15, 0.2) is 53.1 Å². The minimum Gasteiger partial charge on any atom is -0.354 e. The predicted molar refractivity (Wildman–Crippen MR) is 133 cm³/mol. The lowest BCUT2D eigenvalue weighted by Gasteiger charge is -2.27. The van der Waals surface area contributed by atoms with E-state index in [0.717, 1.165) is 29.5 Å². The van der Waals surface area contributed by atoms with Crippen LogP contribution in [-0.4, -0.2) is 52.7 Å². The fraction of sp³-hybridized carbons (Fsp3) is 0.381. The average molecular weight is 537 g/mol. The Morgan fingerprint density at radius 1 is 1.23 bits per heavy atom. The molecule has 1 unspecified atom stereocenters. The first kappa shape index (κ1) is 22.7. The Bertz CT molecular complexity index is 905. The van der Waals surface area contributed by atoms with Crippen molar-refractivity contribution in [2.75, 3.05) is 26.7 Å². The molecule has 3 N–H and O–H groups in total. The van der Waals surface area contributed by atoms with Gasteiger partial charge in [-0.2, -0.15) is 5.10 Å². The fourth-order valence-corrected chi connectivity index (χ4v) is 4.58. The predicted octanol–water partition coefficient (Wildman–Crippen LogP) is 3.65. The van der Waals surface area contributed by atoms with Gasteiger partial charge in [0.25, 0.3) is 0 Å². The zero-order valence-corrected chi connectivity index (χ0v) is 20.2. The van der Waals surface area contributed by atoms with Crippen LogP contribution in [-0.2, 0) is 6.54 Å². The summed E-state index contributed by atoms with van der Waals surface area (Å²) in [5.74, 6) is 1.59. The maximum absolute atomic E-state index is 4.41. The van der Waals surface area contributed by atoms with Crippen LogP contribution in [0.4, 0.5) is 0 Å². The number of aliphatic imine (C=N–C) groups is 1. The van der Waals surface area contributed by atoms with E-state index in [1.54, 1.807) is 0 Å². The van der Waals surface area contributed by atoms with E-state index in [4.69, 9.17) is 0 Å². The van der Waals surface area contributed by atoms with Crippen molar-refractivity contribution in [1.29, 1.82) is 0 Å². The van der Waals surface area contributed by atoms with Gasteiger partial charge in [0.15, 0.2) is 11.8 Å². The number of likely N-dealkylation sites (tertiary alicyclic amines) is 1. The lowest BCUT2D eigenvalue weighted by atomic mass is 10.1. The SMILES string of the molecule is CN=C(NCc1cccc(-c2ncn[nH]2)c1)NCC(c1cccs1)N1CCCC1.I. The van der Waals surface area contributed by atoms with Gasteiger partial charge in [-0.1, -0.05) is 24.3 Å². The van der Waals surface area contributed by atoms with Gasteiger partial charge in [-0.25, -0.2) is 4.98 Å². The van der Waals surface area contributed by atoms with E-state index < -0.39 is 0 Å². The number of benzene rings is 1. The molecule has 0 radical (unpaired) electrons. The number of aromatic amines is 1. The van der Waals surface area contributed by atoms with Crippen LogP contribution in [0.2, 0.25) is 0 Å². The maximum atomic E-state index is 4.41. The van der Waals surface area contributed by atoms with Crippen molar-refractivity contribution >= 4 is 41.3 Å². The first-order valence-electron chi connectivity index (χ1n) is 10.00. The molecule has 1 aromatic carbocycles. The highest BCUT2D eigenvalue weighted by atomic mass is 127. The molecule has 1 aliphatic heterocycles. The number of guanidine groups is 1. The lowest BCUT2D eigenvalue weighted by molar-refractivity contribution is 0.249. The summed E-state index contributed by atoms with van der Waals surface area (Å²) in [6.45, 7) is 3.88. The minimum atomic E-state index is 0. The second-order valence-electron chi connectivity index (χ2n) is 7.12. The molecule has 4 rings (SSSR count). The Kier molecular flexibility index (Phi) is 8.64.